The molecule has 3 rings (SSSR count). The number of carbonyl (C=O) groups is 1. The molecule has 0 radical (unpaired) electrons. The second-order valence-corrected chi connectivity index (χ2v) is 6.02. The number of carbonyl (C=O) groups excluding carboxylic acids is 1. The van der Waals surface area contributed by atoms with E-state index in [4.69, 9.17) is 0 Å². The van der Waals surface area contributed by atoms with Crippen molar-refractivity contribution < 1.29 is 4.79 Å². The summed E-state index contributed by atoms with van der Waals surface area (Å²) < 4.78 is 3.52. The molecule has 0 fully saturated rings. The molecule has 1 atom stereocenters. The van der Waals surface area contributed by atoms with Gasteiger partial charge in [-0.05, 0) is 37.3 Å². The lowest BCUT2D eigenvalue weighted by molar-refractivity contribution is -0.119. The average molecular weight is 388 g/mol. The van der Waals surface area contributed by atoms with Crippen LogP contribution in [0.25, 0.3) is 5.82 Å². The summed E-state index contributed by atoms with van der Waals surface area (Å²) >= 11 is 3.35. The largest absolute Gasteiger partial charge is 0.324 e. The summed E-state index contributed by atoms with van der Waals surface area (Å²) in [6, 6.07) is 11.1. The lowest BCUT2D eigenvalue weighted by Crippen LogP contribution is -2.33. The second-order valence-electron chi connectivity index (χ2n) is 5.10. The number of aromatic nitrogens is 4. The number of nitrogens with zero attached hydrogens (tertiary/aromatic N) is 4. The zero-order valence-corrected chi connectivity index (χ0v) is 14.3. The molecule has 2 aromatic heterocycles. The van der Waals surface area contributed by atoms with Gasteiger partial charge >= 0.3 is 0 Å². The molecule has 0 aliphatic heterocycles. The van der Waals surface area contributed by atoms with E-state index in [2.05, 4.69) is 31.4 Å². The Balaban J connectivity index is 1.86. The highest BCUT2D eigenvalue weighted by Crippen LogP contribution is 2.17. The van der Waals surface area contributed by atoms with Crippen LogP contribution in [0.5, 0.6) is 0 Å². The van der Waals surface area contributed by atoms with Gasteiger partial charge in [0.1, 0.15) is 6.04 Å². The summed E-state index contributed by atoms with van der Waals surface area (Å²) in [6.45, 7) is 1.62. The third kappa shape index (κ3) is 3.43. The van der Waals surface area contributed by atoms with Crippen LogP contribution >= 0.6 is 15.9 Å². The minimum Gasteiger partial charge on any atom is -0.324 e. The van der Waals surface area contributed by atoms with Crippen molar-refractivity contribution in [2.24, 2.45) is 0 Å². The van der Waals surface area contributed by atoms with Gasteiger partial charge in [0, 0.05) is 28.6 Å². The van der Waals surface area contributed by atoms with Crippen molar-refractivity contribution in [3.8, 4) is 5.82 Å². The van der Waals surface area contributed by atoms with Gasteiger partial charge in [-0.3, -0.25) is 9.59 Å². The molecule has 3 aromatic rings. The molecule has 0 bridgehead atoms. The fourth-order valence-corrected chi connectivity index (χ4v) is 2.54. The lowest BCUT2D eigenvalue weighted by Gasteiger charge is -2.15. The first kappa shape index (κ1) is 16.1. The minimum absolute atomic E-state index is 0.333. The van der Waals surface area contributed by atoms with Crippen molar-refractivity contribution in [1.82, 2.24) is 19.6 Å². The Morgan fingerprint density at radius 3 is 2.79 bits per heavy atom. The molecule has 122 valence electrons. The van der Waals surface area contributed by atoms with Crippen LogP contribution in [-0.4, -0.2) is 25.5 Å². The lowest BCUT2D eigenvalue weighted by atomic mass is 10.2. The van der Waals surface area contributed by atoms with E-state index in [1.807, 2.05) is 12.1 Å². The molecular weight excluding hydrogens is 374 g/mol. The van der Waals surface area contributed by atoms with Gasteiger partial charge in [-0.1, -0.05) is 22.0 Å². The normalized spacial score (nSPS) is 11.9. The molecular formula is C16H14BrN5O2. The first-order valence-corrected chi connectivity index (χ1v) is 8.00. The number of amides is 1. The van der Waals surface area contributed by atoms with Gasteiger partial charge in [-0.15, -0.1) is 5.10 Å². The van der Waals surface area contributed by atoms with Gasteiger partial charge in [0.05, 0.1) is 0 Å². The molecule has 1 aromatic carbocycles. The van der Waals surface area contributed by atoms with Crippen molar-refractivity contribution in [3.63, 3.8) is 0 Å². The maximum Gasteiger partial charge on any atom is 0.267 e. The minimum atomic E-state index is -0.771. The second kappa shape index (κ2) is 6.79. The first-order valence-electron chi connectivity index (χ1n) is 7.21. The number of anilines is 1. The molecule has 1 amide bonds. The Labute approximate surface area is 146 Å². The van der Waals surface area contributed by atoms with E-state index in [1.54, 1.807) is 43.6 Å². The SMILES string of the molecule is CC(C(=O)Nc1cccc(Br)c1)n1nc(-n2cccn2)ccc1=O. The Morgan fingerprint density at radius 1 is 1.25 bits per heavy atom. The summed E-state index contributed by atoms with van der Waals surface area (Å²) in [5.41, 5.74) is 0.278. The third-order valence-corrected chi connectivity index (χ3v) is 3.88. The van der Waals surface area contributed by atoms with Gasteiger partial charge < -0.3 is 5.32 Å². The van der Waals surface area contributed by atoms with Crippen LogP contribution in [0.4, 0.5) is 5.69 Å². The standard InChI is InChI=1S/C16H14BrN5O2/c1-11(16(24)19-13-5-2-4-12(17)10-13)22-15(23)7-6-14(20-22)21-9-3-8-18-21/h2-11H,1H3,(H,19,24). The van der Waals surface area contributed by atoms with Crippen molar-refractivity contribution in [1.29, 1.82) is 0 Å². The first-order chi connectivity index (χ1) is 11.5. The molecule has 8 heteroatoms. The van der Waals surface area contributed by atoms with Crippen molar-refractivity contribution in [2.75, 3.05) is 5.32 Å². The van der Waals surface area contributed by atoms with E-state index < -0.39 is 6.04 Å². The smallest absolute Gasteiger partial charge is 0.267 e. The Hall–Kier alpha value is -2.74. The highest BCUT2D eigenvalue weighted by atomic mass is 79.9. The van der Waals surface area contributed by atoms with Gasteiger partial charge in [0.15, 0.2) is 5.82 Å². The van der Waals surface area contributed by atoms with E-state index >= 15 is 0 Å². The van der Waals surface area contributed by atoms with Gasteiger partial charge in [0.25, 0.3) is 5.56 Å². The molecule has 0 saturated carbocycles. The van der Waals surface area contributed by atoms with E-state index in [0.717, 1.165) is 9.15 Å². The van der Waals surface area contributed by atoms with E-state index in [-0.39, 0.29) is 11.5 Å². The van der Waals surface area contributed by atoms with Crippen LogP contribution in [0.15, 0.2) is 64.1 Å². The molecule has 0 aliphatic rings. The van der Waals surface area contributed by atoms with Gasteiger partial charge in [-0.2, -0.15) is 5.10 Å². The van der Waals surface area contributed by atoms with Crippen LogP contribution < -0.4 is 10.9 Å². The third-order valence-electron chi connectivity index (χ3n) is 3.39. The number of hydrogen-bond donors (Lipinski definition) is 1. The summed E-state index contributed by atoms with van der Waals surface area (Å²) in [6.07, 6.45) is 3.32. The topological polar surface area (TPSA) is 81.8 Å². The average Bonchev–Trinajstić information content (AvgIpc) is 3.09. The molecule has 0 spiro atoms. The van der Waals surface area contributed by atoms with E-state index in [1.165, 1.54) is 10.7 Å². The zero-order valence-electron chi connectivity index (χ0n) is 12.8. The van der Waals surface area contributed by atoms with Crippen LogP contribution in [0.1, 0.15) is 13.0 Å². The predicted octanol–water partition coefficient (Wildman–Crippen LogP) is 2.39. The number of hydrogen-bond acceptors (Lipinski definition) is 4. The number of nitrogens with one attached hydrogen (secondary N) is 1. The molecule has 0 aliphatic carbocycles. The molecule has 24 heavy (non-hydrogen) atoms. The quantitative estimate of drug-likeness (QED) is 0.744. The van der Waals surface area contributed by atoms with Crippen molar-refractivity contribution >= 4 is 27.5 Å². The van der Waals surface area contributed by atoms with Gasteiger partial charge in [0.2, 0.25) is 5.91 Å². The van der Waals surface area contributed by atoms with Crippen LogP contribution in [0.3, 0.4) is 0 Å². The van der Waals surface area contributed by atoms with Crippen LogP contribution in [-0.2, 0) is 4.79 Å². The summed E-state index contributed by atoms with van der Waals surface area (Å²) in [4.78, 5) is 24.5. The Kier molecular flexibility index (Phi) is 4.57. The molecule has 7 nitrogen and oxygen atoms in total. The summed E-state index contributed by atoms with van der Waals surface area (Å²) in [5.74, 6) is 0.127. The highest BCUT2D eigenvalue weighted by Gasteiger charge is 2.18. The predicted molar refractivity (Wildman–Crippen MR) is 93.1 cm³/mol. The summed E-state index contributed by atoms with van der Waals surface area (Å²) in [5, 5.41) is 11.1. The van der Waals surface area contributed by atoms with Crippen molar-refractivity contribution in [3.05, 3.63) is 69.7 Å². The Bertz CT molecular complexity index is 920. The van der Waals surface area contributed by atoms with Crippen molar-refractivity contribution in [2.45, 2.75) is 13.0 Å². The Morgan fingerprint density at radius 2 is 2.08 bits per heavy atom. The van der Waals surface area contributed by atoms with E-state index in [0.29, 0.717) is 11.5 Å². The molecule has 2 heterocycles. The maximum absolute atomic E-state index is 12.4. The monoisotopic (exact) mass is 387 g/mol. The maximum atomic E-state index is 12.4. The summed E-state index contributed by atoms with van der Waals surface area (Å²) in [7, 11) is 0. The molecule has 1 N–H and O–H groups in total. The number of benzene rings is 1. The highest BCUT2D eigenvalue weighted by molar-refractivity contribution is 9.10. The fraction of sp³-hybridized carbons (Fsp3) is 0.125. The number of halogens is 1. The zero-order chi connectivity index (χ0) is 17.1. The van der Waals surface area contributed by atoms with Crippen LogP contribution in [0, 0.1) is 0 Å². The van der Waals surface area contributed by atoms with E-state index in [9.17, 15) is 9.59 Å². The number of rotatable bonds is 4. The molecule has 1 unspecified atom stereocenters. The fourth-order valence-electron chi connectivity index (χ4n) is 2.14. The molecule has 0 saturated heterocycles. The van der Waals surface area contributed by atoms with Gasteiger partial charge in [-0.25, -0.2) is 9.36 Å². The van der Waals surface area contributed by atoms with Crippen LogP contribution in [0.2, 0.25) is 0 Å².